The third kappa shape index (κ3) is 3.33. The molecule has 0 aromatic heterocycles. The van der Waals surface area contributed by atoms with Gasteiger partial charge in [0.15, 0.2) is 0 Å². The quantitative estimate of drug-likeness (QED) is 0.483. The van der Waals surface area contributed by atoms with Crippen molar-refractivity contribution in [2.24, 2.45) is 0 Å². The standard InChI is InChI=1S/C16H18N2O5/c19-15-8-5-11-9-12(18(21)22)6-7-14(11)17(15)10-16(20)23-13-3-1-2-4-13/h6-7,9,13H,1-5,8,10H2. The zero-order valence-electron chi connectivity index (χ0n) is 12.7. The van der Waals surface area contributed by atoms with Gasteiger partial charge in [-0.15, -0.1) is 0 Å². The number of nitrogens with zero attached hydrogens (tertiary/aromatic N) is 2. The third-order valence-electron chi connectivity index (χ3n) is 4.36. The molecular formula is C16H18N2O5. The molecule has 1 fully saturated rings. The van der Waals surface area contributed by atoms with Gasteiger partial charge in [-0.3, -0.25) is 19.7 Å². The molecule has 1 aromatic rings. The molecule has 1 heterocycles. The fraction of sp³-hybridized carbons (Fsp3) is 0.500. The highest BCUT2D eigenvalue weighted by Crippen LogP contribution is 2.31. The lowest BCUT2D eigenvalue weighted by atomic mass is 10.0. The number of rotatable bonds is 4. The molecule has 0 radical (unpaired) electrons. The van der Waals surface area contributed by atoms with Gasteiger partial charge in [0.25, 0.3) is 5.69 Å². The Morgan fingerprint density at radius 2 is 2.04 bits per heavy atom. The largest absolute Gasteiger partial charge is 0.461 e. The number of hydrogen-bond donors (Lipinski definition) is 0. The smallest absolute Gasteiger partial charge is 0.326 e. The fourth-order valence-corrected chi connectivity index (χ4v) is 3.19. The molecule has 122 valence electrons. The van der Waals surface area contributed by atoms with Crippen molar-refractivity contribution in [1.29, 1.82) is 0 Å². The molecule has 1 aromatic carbocycles. The SMILES string of the molecule is O=C(CN1C(=O)CCc2cc([N+](=O)[O-])ccc21)OC1CCCC1. The van der Waals surface area contributed by atoms with E-state index in [1.807, 2.05) is 0 Å². The van der Waals surface area contributed by atoms with E-state index in [1.165, 1.54) is 23.1 Å². The second-order valence-corrected chi connectivity index (χ2v) is 5.95. The molecule has 0 saturated heterocycles. The number of non-ortho nitro benzene ring substituents is 1. The molecule has 0 unspecified atom stereocenters. The number of hydrogen-bond acceptors (Lipinski definition) is 5. The lowest BCUT2D eigenvalue weighted by molar-refractivity contribution is -0.384. The van der Waals surface area contributed by atoms with Crippen molar-refractivity contribution < 1.29 is 19.2 Å². The van der Waals surface area contributed by atoms with E-state index in [9.17, 15) is 19.7 Å². The number of nitro benzene ring substituents is 1. The van der Waals surface area contributed by atoms with Gasteiger partial charge in [-0.25, -0.2) is 0 Å². The molecule has 3 rings (SSSR count). The topological polar surface area (TPSA) is 89.8 Å². The zero-order valence-corrected chi connectivity index (χ0v) is 12.7. The molecular weight excluding hydrogens is 300 g/mol. The molecule has 2 aliphatic rings. The van der Waals surface area contributed by atoms with Crippen LogP contribution in [0.3, 0.4) is 0 Å². The van der Waals surface area contributed by atoms with Crippen LogP contribution in [0.5, 0.6) is 0 Å². The second kappa shape index (κ2) is 6.36. The number of carbonyl (C=O) groups excluding carboxylic acids is 2. The molecule has 1 saturated carbocycles. The van der Waals surface area contributed by atoms with Crippen molar-refractivity contribution in [2.45, 2.75) is 44.6 Å². The lowest BCUT2D eigenvalue weighted by Crippen LogP contribution is -2.40. The minimum absolute atomic E-state index is 0.00780. The second-order valence-electron chi connectivity index (χ2n) is 5.95. The summed E-state index contributed by atoms with van der Waals surface area (Å²) in [5.41, 5.74) is 1.27. The van der Waals surface area contributed by atoms with Gasteiger partial charge in [0, 0.05) is 24.2 Å². The van der Waals surface area contributed by atoms with Gasteiger partial charge in [0.1, 0.15) is 12.6 Å². The van der Waals surface area contributed by atoms with Crippen LogP contribution in [0.4, 0.5) is 11.4 Å². The van der Waals surface area contributed by atoms with Gasteiger partial charge in [-0.05, 0) is 43.7 Å². The lowest BCUT2D eigenvalue weighted by Gasteiger charge is -2.28. The summed E-state index contributed by atoms with van der Waals surface area (Å²) in [6.45, 7) is -0.139. The molecule has 0 bridgehead atoms. The van der Waals surface area contributed by atoms with Crippen molar-refractivity contribution >= 4 is 23.3 Å². The molecule has 7 nitrogen and oxygen atoms in total. The molecule has 0 N–H and O–H groups in total. The van der Waals surface area contributed by atoms with Crippen molar-refractivity contribution in [1.82, 2.24) is 0 Å². The first kappa shape index (κ1) is 15.5. The Morgan fingerprint density at radius 1 is 1.30 bits per heavy atom. The van der Waals surface area contributed by atoms with Crippen molar-refractivity contribution in [3.8, 4) is 0 Å². The molecule has 1 amide bonds. The molecule has 0 atom stereocenters. The van der Waals surface area contributed by atoms with Gasteiger partial charge in [-0.2, -0.15) is 0 Å². The highest BCUT2D eigenvalue weighted by molar-refractivity contribution is 6.00. The Bertz CT molecular complexity index is 652. The van der Waals surface area contributed by atoms with Gasteiger partial charge in [-0.1, -0.05) is 0 Å². The number of carbonyl (C=O) groups is 2. The summed E-state index contributed by atoms with van der Waals surface area (Å²) < 4.78 is 5.40. The summed E-state index contributed by atoms with van der Waals surface area (Å²) in [6.07, 6.45) is 4.53. The Labute approximate surface area is 133 Å². The van der Waals surface area contributed by atoms with Crippen LogP contribution in [0.1, 0.15) is 37.7 Å². The minimum Gasteiger partial charge on any atom is -0.461 e. The van der Waals surface area contributed by atoms with E-state index in [0.29, 0.717) is 17.7 Å². The van der Waals surface area contributed by atoms with Gasteiger partial charge in [0.2, 0.25) is 5.91 Å². The van der Waals surface area contributed by atoms with E-state index in [2.05, 4.69) is 0 Å². The zero-order chi connectivity index (χ0) is 16.4. The van der Waals surface area contributed by atoms with Gasteiger partial charge in [0.05, 0.1) is 4.92 Å². The molecule has 7 heteroatoms. The Balaban J connectivity index is 1.75. The van der Waals surface area contributed by atoms with Crippen LogP contribution >= 0.6 is 0 Å². The Hall–Kier alpha value is -2.44. The van der Waals surface area contributed by atoms with Crippen molar-refractivity contribution in [3.05, 3.63) is 33.9 Å². The van der Waals surface area contributed by atoms with Gasteiger partial charge >= 0.3 is 5.97 Å². The van der Waals surface area contributed by atoms with E-state index in [0.717, 1.165) is 25.7 Å². The average molecular weight is 318 g/mol. The number of nitro groups is 1. The summed E-state index contributed by atoms with van der Waals surface area (Å²) >= 11 is 0. The van der Waals surface area contributed by atoms with Crippen molar-refractivity contribution in [3.63, 3.8) is 0 Å². The molecule has 1 aliphatic heterocycles. The minimum atomic E-state index is -0.463. The van der Waals surface area contributed by atoms with Crippen LogP contribution in [0.2, 0.25) is 0 Å². The van der Waals surface area contributed by atoms with Crippen LogP contribution in [-0.4, -0.2) is 29.4 Å². The van der Waals surface area contributed by atoms with E-state index < -0.39 is 10.9 Å². The number of amides is 1. The average Bonchev–Trinajstić information content (AvgIpc) is 3.02. The number of esters is 1. The normalized spacial score (nSPS) is 17.9. The number of fused-ring (bicyclic) bond motifs is 1. The maximum atomic E-state index is 12.1. The first-order valence-electron chi connectivity index (χ1n) is 7.82. The number of ether oxygens (including phenoxy) is 1. The molecule has 23 heavy (non-hydrogen) atoms. The summed E-state index contributed by atoms with van der Waals surface area (Å²) in [4.78, 5) is 36.0. The summed E-state index contributed by atoms with van der Waals surface area (Å²) in [5, 5.41) is 10.9. The van der Waals surface area contributed by atoms with E-state index >= 15 is 0 Å². The highest BCUT2D eigenvalue weighted by atomic mass is 16.6. The third-order valence-corrected chi connectivity index (χ3v) is 4.36. The van der Waals surface area contributed by atoms with E-state index in [-0.39, 0.29) is 30.7 Å². The van der Waals surface area contributed by atoms with Crippen LogP contribution in [-0.2, 0) is 20.7 Å². The molecule has 0 spiro atoms. The first-order chi connectivity index (χ1) is 11.0. The predicted molar refractivity (Wildman–Crippen MR) is 82.1 cm³/mol. The number of aryl methyl sites for hydroxylation is 1. The highest BCUT2D eigenvalue weighted by Gasteiger charge is 2.29. The van der Waals surface area contributed by atoms with E-state index in [1.54, 1.807) is 0 Å². The number of benzene rings is 1. The van der Waals surface area contributed by atoms with Crippen LogP contribution in [0, 0.1) is 10.1 Å². The Morgan fingerprint density at radius 3 is 2.74 bits per heavy atom. The Kier molecular flexibility index (Phi) is 4.27. The number of anilines is 1. The molecule has 1 aliphatic carbocycles. The first-order valence-corrected chi connectivity index (χ1v) is 7.82. The summed E-state index contributed by atoms with van der Waals surface area (Å²) in [7, 11) is 0. The fourth-order valence-electron chi connectivity index (χ4n) is 3.19. The van der Waals surface area contributed by atoms with Crippen LogP contribution in [0.25, 0.3) is 0 Å². The maximum Gasteiger partial charge on any atom is 0.326 e. The maximum absolute atomic E-state index is 12.1. The monoisotopic (exact) mass is 318 g/mol. The van der Waals surface area contributed by atoms with E-state index in [4.69, 9.17) is 4.74 Å². The van der Waals surface area contributed by atoms with Gasteiger partial charge < -0.3 is 9.64 Å². The van der Waals surface area contributed by atoms with Crippen molar-refractivity contribution in [2.75, 3.05) is 11.4 Å². The predicted octanol–water partition coefficient (Wildman–Crippen LogP) is 2.36. The van der Waals surface area contributed by atoms with Crippen LogP contribution in [0.15, 0.2) is 18.2 Å². The summed E-state index contributed by atoms with van der Waals surface area (Å²) in [6, 6.07) is 4.36. The van der Waals surface area contributed by atoms with Crippen LogP contribution < -0.4 is 4.90 Å². The summed E-state index contributed by atoms with van der Waals surface area (Å²) in [5.74, 6) is -0.578.